The van der Waals surface area contributed by atoms with Crippen molar-refractivity contribution in [3.8, 4) is 11.6 Å². The first-order chi connectivity index (χ1) is 13.7. The van der Waals surface area contributed by atoms with Crippen molar-refractivity contribution in [2.24, 2.45) is 0 Å². The fraction of sp³-hybridized carbons (Fsp3) is 0.350. The number of nitrogens with zero attached hydrogens (tertiary/aromatic N) is 5. The molecule has 28 heavy (non-hydrogen) atoms. The van der Waals surface area contributed by atoms with Gasteiger partial charge in [0.2, 0.25) is 5.88 Å². The summed E-state index contributed by atoms with van der Waals surface area (Å²) in [6.07, 6.45) is 8.00. The van der Waals surface area contributed by atoms with Crippen LogP contribution in [0.4, 0.5) is 0 Å². The number of pyridine rings is 1. The maximum Gasteiger partial charge on any atom is 0.251 e. The van der Waals surface area contributed by atoms with Gasteiger partial charge in [0, 0.05) is 23.9 Å². The van der Waals surface area contributed by atoms with E-state index in [1.165, 1.54) is 19.2 Å². The number of rotatable bonds is 6. The second kappa shape index (κ2) is 8.16. The van der Waals surface area contributed by atoms with Crippen molar-refractivity contribution in [2.75, 3.05) is 0 Å². The Hall–Kier alpha value is -3.29. The number of carbonyl (C=O) groups is 1. The maximum absolute atomic E-state index is 12.6. The smallest absolute Gasteiger partial charge is 0.251 e. The lowest BCUT2D eigenvalue weighted by molar-refractivity contribution is 0.0950. The Labute approximate surface area is 162 Å². The Morgan fingerprint density at radius 1 is 1.29 bits per heavy atom. The van der Waals surface area contributed by atoms with E-state index < -0.39 is 0 Å². The highest BCUT2D eigenvalue weighted by atomic mass is 16.5. The number of nitrogens with one attached hydrogen (secondary N) is 1. The van der Waals surface area contributed by atoms with Crippen LogP contribution in [-0.4, -0.2) is 37.2 Å². The molecule has 0 atom stereocenters. The predicted molar refractivity (Wildman–Crippen MR) is 102 cm³/mol. The monoisotopic (exact) mass is 378 g/mol. The van der Waals surface area contributed by atoms with Gasteiger partial charge in [0.05, 0.1) is 5.69 Å². The molecule has 0 saturated heterocycles. The molecule has 8 heteroatoms. The van der Waals surface area contributed by atoms with Gasteiger partial charge >= 0.3 is 0 Å². The van der Waals surface area contributed by atoms with Gasteiger partial charge in [-0.2, -0.15) is 0 Å². The summed E-state index contributed by atoms with van der Waals surface area (Å²) >= 11 is 0. The first-order valence-corrected chi connectivity index (χ1v) is 9.43. The lowest BCUT2D eigenvalue weighted by Crippen LogP contribution is -2.24. The van der Waals surface area contributed by atoms with Crippen LogP contribution in [0, 0.1) is 6.92 Å². The van der Waals surface area contributed by atoms with Crippen LogP contribution in [0.2, 0.25) is 0 Å². The summed E-state index contributed by atoms with van der Waals surface area (Å²) in [4.78, 5) is 17.0. The third-order valence-corrected chi connectivity index (χ3v) is 4.92. The molecule has 2 aromatic heterocycles. The first kappa shape index (κ1) is 18.1. The van der Waals surface area contributed by atoms with Crippen LogP contribution in [0.15, 0.2) is 42.9 Å². The minimum Gasteiger partial charge on any atom is -0.474 e. The first-order valence-electron chi connectivity index (χ1n) is 9.43. The molecular formula is C20H22N6O2. The fourth-order valence-electron chi connectivity index (χ4n) is 3.43. The number of aromatic nitrogens is 5. The SMILES string of the molecule is Cc1cc(C(=O)NCc2cccnc2OC2CCCC2)ccc1-n1cnnn1. The van der Waals surface area contributed by atoms with Crippen molar-refractivity contribution >= 4 is 5.91 Å². The summed E-state index contributed by atoms with van der Waals surface area (Å²) in [6, 6.07) is 9.21. The molecule has 1 amide bonds. The second-order valence-electron chi connectivity index (χ2n) is 6.93. The van der Waals surface area contributed by atoms with Gasteiger partial charge in [-0.15, -0.1) is 5.10 Å². The molecule has 0 unspecified atom stereocenters. The fourth-order valence-corrected chi connectivity index (χ4v) is 3.43. The minimum atomic E-state index is -0.151. The van der Waals surface area contributed by atoms with Gasteiger partial charge in [-0.25, -0.2) is 9.67 Å². The zero-order chi connectivity index (χ0) is 19.3. The quantitative estimate of drug-likeness (QED) is 0.708. The van der Waals surface area contributed by atoms with E-state index in [-0.39, 0.29) is 12.0 Å². The number of hydrogen-bond donors (Lipinski definition) is 1. The van der Waals surface area contributed by atoms with E-state index in [4.69, 9.17) is 4.74 Å². The van der Waals surface area contributed by atoms with Gasteiger partial charge < -0.3 is 10.1 Å². The molecule has 3 aromatic rings. The molecule has 1 aliphatic rings. The van der Waals surface area contributed by atoms with Crippen LogP contribution >= 0.6 is 0 Å². The van der Waals surface area contributed by atoms with Gasteiger partial charge in [-0.1, -0.05) is 6.07 Å². The highest BCUT2D eigenvalue weighted by Gasteiger charge is 2.19. The number of tetrazole rings is 1. The molecular weight excluding hydrogens is 356 g/mol. The molecule has 144 valence electrons. The molecule has 0 spiro atoms. The van der Waals surface area contributed by atoms with Crippen LogP contribution < -0.4 is 10.1 Å². The molecule has 1 fully saturated rings. The summed E-state index contributed by atoms with van der Waals surface area (Å²) < 4.78 is 7.61. The van der Waals surface area contributed by atoms with E-state index in [1.807, 2.05) is 31.2 Å². The van der Waals surface area contributed by atoms with Crippen molar-refractivity contribution in [1.29, 1.82) is 0 Å². The topological polar surface area (TPSA) is 94.8 Å². The molecule has 1 aliphatic carbocycles. The highest BCUT2D eigenvalue weighted by molar-refractivity contribution is 5.94. The minimum absolute atomic E-state index is 0.151. The third kappa shape index (κ3) is 4.00. The van der Waals surface area contributed by atoms with Gasteiger partial charge in [0.1, 0.15) is 12.4 Å². The summed E-state index contributed by atoms with van der Waals surface area (Å²) in [5.41, 5.74) is 3.20. The van der Waals surface area contributed by atoms with E-state index in [0.29, 0.717) is 18.0 Å². The van der Waals surface area contributed by atoms with Gasteiger partial charge in [-0.3, -0.25) is 4.79 Å². The van der Waals surface area contributed by atoms with Gasteiger partial charge in [0.15, 0.2) is 0 Å². The summed E-state index contributed by atoms with van der Waals surface area (Å²) in [5, 5.41) is 14.1. The van der Waals surface area contributed by atoms with Crippen LogP contribution in [0.25, 0.3) is 5.69 Å². The van der Waals surface area contributed by atoms with Crippen molar-refractivity contribution in [3.63, 3.8) is 0 Å². The zero-order valence-electron chi connectivity index (χ0n) is 15.7. The van der Waals surface area contributed by atoms with Crippen molar-refractivity contribution in [3.05, 3.63) is 59.5 Å². The average Bonchev–Trinajstić information content (AvgIpc) is 3.41. The normalized spacial score (nSPS) is 14.2. The predicted octanol–water partition coefficient (Wildman–Crippen LogP) is 2.62. The van der Waals surface area contributed by atoms with Crippen LogP contribution in [0.1, 0.15) is 47.2 Å². The van der Waals surface area contributed by atoms with E-state index in [0.717, 1.165) is 29.7 Å². The van der Waals surface area contributed by atoms with Crippen LogP contribution in [0.5, 0.6) is 5.88 Å². The van der Waals surface area contributed by atoms with E-state index in [9.17, 15) is 4.79 Å². The average molecular weight is 378 g/mol. The molecule has 0 aliphatic heterocycles. The van der Waals surface area contributed by atoms with E-state index >= 15 is 0 Å². The molecule has 0 bridgehead atoms. The Morgan fingerprint density at radius 3 is 2.89 bits per heavy atom. The van der Waals surface area contributed by atoms with Crippen molar-refractivity contribution in [1.82, 2.24) is 30.5 Å². The second-order valence-corrected chi connectivity index (χ2v) is 6.93. The van der Waals surface area contributed by atoms with Crippen LogP contribution in [0.3, 0.4) is 0 Å². The maximum atomic E-state index is 12.6. The Morgan fingerprint density at radius 2 is 2.14 bits per heavy atom. The largest absolute Gasteiger partial charge is 0.474 e. The Bertz CT molecular complexity index is 951. The molecule has 8 nitrogen and oxygen atoms in total. The van der Waals surface area contributed by atoms with Gasteiger partial charge in [-0.05, 0) is 72.9 Å². The molecule has 0 radical (unpaired) electrons. The zero-order valence-corrected chi connectivity index (χ0v) is 15.7. The van der Waals surface area contributed by atoms with Crippen molar-refractivity contribution < 1.29 is 9.53 Å². The molecule has 2 heterocycles. The number of ether oxygens (including phenoxy) is 1. The van der Waals surface area contributed by atoms with E-state index in [1.54, 1.807) is 16.9 Å². The summed E-state index contributed by atoms with van der Waals surface area (Å²) in [7, 11) is 0. The van der Waals surface area contributed by atoms with Crippen molar-refractivity contribution in [2.45, 2.75) is 45.3 Å². The number of aryl methyl sites for hydroxylation is 1. The summed E-state index contributed by atoms with van der Waals surface area (Å²) in [5.74, 6) is 0.460. The highest BCUT2D eigenvalue weighted by Crippen LogP contribution is 2.25. The molecule has 4 rings (SSSR count). The Kier molecular flexibility index (Phi) is 5.27. The summed E-state index contributed by atoms with van der Waals surface area (Å²) in [6.45, 7) is 2.28. The number of amides is 1. The van der Waals surface area contributed by atoms with Gasteiger partial charge in [0.25, 0.3) is 5.91 Å². The van der Waals surface area contributed by atoms with E-state index in [2.05, 4.69) is 25.8 Å². The molecule has 1 aromatic carbocycles. The van der Waals surface area contributed by atoms with Crippen LogP contribution in [-0.2, 0) is 6.54 Å². The number of hydrogen-bond acceptors (Lipinski definition) is 6. The molecule has 1 N–H and O–H groups in total. The lowest BCUT2D eigenvalue weighted by atomic mass is 10.1. The standard InChI is InChI=1S/C20H22N6O2/c1-14-11-15(8-9-18(14)26-13-23-24-25-26)19(27)22-12-16-5-4-10-21-20(16)28-17-6-2-3-7-17/h4-5,8-11,13,17H,2-3,6-7,12H2,1H3,(H,22,27). The molecule has 1 saturated carbocycles. The third-order valence-electron chi connectivity index (χ3n) is 4.92. The Balaban J connectivity index is 1.43. The number of benzene rings is 1. The lowest BCUT2D eigenvalue weighted by Gasteiger charge is -2.15. The number of carbonyl (C=O) groups excluding carboxylic acids is 1.